The van der Waals surface area contributed by atoms with E-state index >= 15 is 0 Å². The van der Waals surface area contributed by atoms with Crippen LogP contribution in [-0.2, 0) is 10.5 Å². The predicted octanol–water partition coefficient (Wildman–Crippen LogP) is 3.34. The van der Waals surface area contributed by atoms with Gasteiger partial charge in [-0.25, -0.2) is 19.3 Å². The summed E-state index contributed by atoms with van der Waals surface area (Å²) in [5.74, 6) is 0.881. The summed E-state index contributed by atoms with van der Waals surface area (Å²) < 4.78 is 19.3. The normalized spacial score (nSPS) is 14.8. The van der Waals surface area contributed by atoms with Crippen LogP contribution in [0, 0.1) is 5.82 Å². The molecule has 1 fully saturated rings. The van der Waals surface area contributed by atoms with Crippen molar-refractivity contribution in [2.24, 2.45) is 0 Å². The second kappa shape index (κ2) is 7.69. The lowest BCUT2D eigenvalue weighted by Gasteiger charge is -2.28. The summed E-state index contributed by atoms with van der Waals surface area (Å²) in [6.07, 6.45) is 1.48. The zero-order valence-corrected chi connectivity index (χ0v) is 15.3. The summed E-state index contributed by atoms with van der Waals surface area (Å²) in [5, 5.41) is 0.790. The third-order valence-electron chi connectivity index (χ3n) is 4.04. The molecule has 4 rings (SSSR count). The summed E-state index contributed by atoms with van der Waals surface area (Å²) in [5.41, 5.74) is 1.83. The smallest absolute Gasteiger partial charge is 0.225 e. The number of thioether (sulfide) groups is 1. The molecule has 134 valence electrons. The zero-order chi connectivity index (χ0) is 17.9. The van der Waals surface area contributed by atoms with Crippen LogP contribution in [0.5, 0.6) is 0 Å². The molecule has 6 nitrogen and oxygen atoms in total. The molecule has 2 aromatic heterocycles. The number of halogens is 2. The van der Waals surface area contributed by atoms with E-state index in [9.17, 15) is 4.39 Å². The first-order valence-corrected chi connectivity index (χ1v) is 9.46. The van der Waals surface area contributed by atoms with Crippen LogP contribution in [-0.4, -0.2) is 46.2 Å². The highest BCUT2D eigenvalue weighted by molar-refractivity contribution is 7.98. The summed E-state index contributed by atoms with van der Waals surface area (Å²) in [7, 11) is 0. The first-order chi connectivity index (χ1) is 12.7. The van der Waals surface area contributed by atoms with E-state index in [0.717, 1.165) is 0 Å². The Hall–Kier alpha value is -2.03. The Morgan fingerprint density at radius 3 is 2.73 bits per heavy atom. The molecule has 3 heterocycles. The van der Waals surface area contributed by atoms with Gasteiger partial charge in [0.1, 0.15) is 28.2 Å². The zero-order valence-electron chi connectivity index (χ0n) is 13.7. The van der Waals surface area contributed by atoms with Gasteiger partial charge in [0.15, 0.2) is 5.82 Å². The Labute approximate surface area is 158 Å². The van der Waals surface area contributed by atoms with Gasteiger partial charge in [-0.05, 0) is 23.2 Å². The van der Waals surface area contributed by atoms with Gasteiger partial charge < -0.3 is 9.64 Å². The van der Waals surface area contributed by atoms with E-state index in [2.05, 4.69) is 24.8 Å². The number of benzene rings is 1. The first kappa shape index (κ1) is 17.4. The van der Waals surface area contributed by atoms with E-state index in [1.54, 1.807) is 12.1 Å². The van der Waals surface area contributed by atoms with Crippen molar-refractivity contribution in [3.63, 3.8) is 0 Å². The number of hydrogen-bond donors (Lipinski definition) is 0. The molecule has 1 saturated heterocycles. The molecule has 1 aromatic carbocycles. The minimum absolute atomic E-state index is 0.140. The number of fused-ring (bicyclic) bond motifs is 1. The van der Waals surface area contributed by atoms with E-state index in [0.29, 0.717) is 59.5 Å². The number of ether oxygens (including phenoxy) is 1. The lowest BCUT2D eigenvalue weighted by Crippen LogP contribution is -2.37. The lowest BCUT2D eigenvalue weighted by atomic mass is 10.2. The molecule has 0 amide bonds. The van der Waals surface area contributed by atoms with Crippen molar-refractivity contribution in [3.8, 4) is 0 Å². The minimum atomic E-state index is -0.236. The van der Waals surface area contributed by atoms with Crippen molar-refractivity contribution in [3.05, 3.63) is 47.3 Å². The van der Waals surface area contributed by atoms with Crippen molar-refractivity contribution in [2.45, 2.75) is 10.8 Å². The van der Waals surface area contributed by atoms with E-state index in [-0.39, 0.29) is 11.1 Å². The Kier molecular flexibility index (Phi) is 5.14. The van der Waals surface area contributed by atoms with E-state index < -0.39 is 0 Å². The average Bonchev–Trinajstić information content (AvgIpc) is 2.67. The second-order valence-electron chi connectivity index (χ2n) is 5.67. The van der Waals surface area contributed by atoms with Crippen molar-refractivity contribution in [1.82, 2.24) is 19.9 Å². The topological polar surface area (TPSA) is 64.0 Å². The fourth-order valence-electron chi connectivity index (χ4n) is 2.75. The lowest BCUT2D eigenvalue weighted by molar-refractivity contribution is 0.122. The van der Waals surface area contributed by atoms with Crippen LogP contribution in [0.2, 0.25) is 5.28 Å². The monoisotopic (exact) mass is 391 g/mol. The molecule has 1 aliphatic heterocycles. The van der Waals surface area contributed by atoms with Gasteiger partial charge in [0.2, 0.25) is 5.28 Å². The fraction of sp³-hybridized carbons (Fsp3) is 0.294. The summed E-state index contributed by atoms with van der Waals surface area (Å²) >= 11 is 7.55. The third kappa shape index (κ3) is 3.58. The molecule has 1 aliphatic rings. The number of nitrogens with zero attached hydrogens (tertiary/aromatic N) is 5. The molecule has 0 unspecified atom stereocenters. The van der Waals surface area contributed by atoms with Gasteiger partial charge in [-0.2, -0.15) is 4.98 Å². The van der Waals surface area contributed by atoms with Crippen LogP contribution in [0.4, 0.5) is 10.2 Å². The molecular formula is C17H15ClFN5OS. The molecule has 9 heteroatoms. The molecule has 0 saturated carbocycles. The Morgan fingerprint density at radius 1 is 1.12 bits per heavy atom. The number of rotatable bonds is 4. The Bertz CT molecular complexity index is 938. The highest BCUT2D eigenvalue weighted by Gasteiger charge is 2.20. The molecule has 26 heavy (non-hydrogen) atoms. The minimum Gasteiger partial charge on any atom is -0.378 e. The van der Waals surface area contributed by atoms with Crippen molar-refractivity contribution in [2.75, 3.05) is 31.2 Å². The Morgan fingerprint density at radius 2 is 1.92 bits per heavy atom. The number of anilines is 1. The van der Waals surface area contributed by atoms with Crippen molar-refractivity contribution >= 4 is 40.2 Å². The van der Waals surface area contributed by atoms with Gasteiger partial charge in [0, 0.05) is 18.8 Å². The number of morpholine rings is 1. The quantitative estimate of drug-likeness (QED) is 0.384. The second-order valence-corrected chi connectivity index (χ2v) is 6.97. The molecule has 0 spiro atoms. The summed E-state index contributed by atoms with van der Waals surface area (Å²) in [6, 6.07) is 6.69. The molecule has 0 bridgehead atoms. The van der Waals surface area contributed by atoms with E-state index in [1.165, 1.54) is 24.2 Å². The maximum Gasteiger partial charge on any atom is 0.225 e. The van der Waals surface area contributed by atoms with Gasteiger partial charge in [0.25, 0.3) is 0 Å². The number of aromatic nitrogens is 4. The molecule has 0 aliphatic carbocycles. The van der Waals surface area contributed by atoms with E-state index in [1.807, 2.05) is 6.07 Å². The molecular weight excluding hydrogens is 377 g/mol. The Balaban J connectivity index is 1.69. The van der Waals surface area contributed by atoms with Crippen LogP contribution < -0.4 is 4.90 Å². The maximum absolute atomic E-state index is 13.9. The average molecular weight is 392 g/mol. The van der Waals surface area contributed by atoms with E-state index in [4.69, 9.17) is 16.3 Å². The molecule has 3 aromatic rings. The van der Waals surface area contributed by atoms with Gasteiger partial charge in [-0.3, -0.25) is 0 Å². The van der Waals surface area contributed by atoms with Crippen LogP contribution in [0.3, 0.4) is 0 Å². The standard InChI is InChI=1S/C17H15ClFN5OS/c18-17-22-14-13(15(23-17)24-5-7-25-8-6-24)20-10-21-16(14)26-9-11-3-1-2-4-12(11)19/h1-4,10H,5-9H2. The third-order valence-corrected chi connectivity index (χ3v) is 5.23. The largest absolute Gasteiger partial charge is 0.378 e. The SMILES string of the molecule is Fc1ccccc1CSc1ncnc2c(N3CCOCC3)nc(Cl)nc12. The fourth-order valence-corrected chi connectivity index (χ4v) is 3.84. The summed E-state index contributed by atoms with van der Waals surface area (Å²) in [4.78, 5) is 19.4. The predicted molar refractivity (Wildman–Crippen MR) is 99.1 cm³/mol. The van der Waals surface area contributed by atoms with Crippen molar-refractivity contribution in [1.29, 1.82) is 0 Å². The van der Waals surface area contributed by atoms with Gasteiger partial charge >= 0.3 is 0 Å². The first-order valence-electron chi connectivity index (χ1n) is 8.09. The highest BCUT2D eigenvalue weighted by Crippen LogP contribution is 2.31. The summed E-state index contributed by atoms with van der Waals surface area (Å²) in [6.45, 7) is 2.68. The maximum atomic E-state index is 13.9. The van der Waals surface area contributed by atoms with Crippen LogP contribution in [0.25, 0.3) is 11.0 Å². The van der Waals surface area contributed by atoms with Gasteiger partial charge in [0.05, 0.1) is 13.2 Å². The van der Waals surface area contributed by atoms with Crippen molar-refractivity contribution < 1.29 is 9.13 Å². The number of hydrogen-bond acceptors (Lipinski definition) is 7. The molecule has 0 N–H and O–H groups in total. The van der Waals surface area contributed by atoms with Gasteiger partial charge in [-0.1, -0.05) is 30.0 Å². The van der Waals surface area contributed by atoms with Crippen LogP contribution >= 0.6 is 23.4 Å². The van der Waals surface area contributed by atoms with Crippen LogP contribution in [0.1, 0.15) is 5.56 Å². The molecule has 0 radical (unpaired) electrons. The van der Waals surface area contributed by atoms with Crippen LogP contribution in [0.15, 0.2) is 35.6 Å². The molecule has 0 atom stereocenters. The highest BCUT2D eigenvalue weighted by atomic mass is 35.5. The van der Waals surface area contributed by atoms with Gasteiger partial charge in [-0.15, -0.1) is 0 Å².